The average molecular weight is 443 g/mol. The van der Waals surface area contributed by atoms with Crippen LogP contribution in [0.4, 0.5) is 5.82 Å². The van der Waals surface area contributed by atoms with E-state index in [1.807, 2.05) is 0 Å². The first kappa shape index (κ1) is 21.6. The van der Waals surface area contributed by atoms with Gasteiger partial charge < -0.3 is 15.1 Å². The summed E-state index contributed by atoms with van der Waals surface area (Å²) < 4.78 is 5.91. The number of anilines is 1. The van der Waals surface area contributed by atoms with Gasteiger partial charge in [0, 0.05) is 31.6 Å². The number of amides is 1. The summed E-state index contributed by atoms with van der Waals surface area (Å²) >= 11 is 1.57. The van der Waals surface area contributed by atoms with Crippen LogP contribution in [0.3, 0.4) is 0 Å². The Labute approximate surface area is 182 Å². The summed E-state index contributed by atoms with van der Waals surface area (Å²) in [6, 6.07) is 8.42. The molecule has 1 aromatic heterocycles. The van der Waals surface area contributed by atoms with Gasteiger partial charge in [0.2, 0.25) is 5.91 Å². The number of halogens is 2. The Hall–Kier alpha value is -1.08. The number of nitrogens with zero attached hydrogens (tertiary/aromatic N) is 3. The predicted octanol–water partition coefficient (Wildman–Crippen LogP) is 3.57. The first-order chi connectivity index (χ1) is 12.6. The molecule has 1 unspecified atom stereocenters. The summed E-state index contributed by atoms with van der Waals surface area (Å²) in [7, 11) is 0. The highest BCUT2D eigenvalue weighted by Crippen LogP contribution is 2.69. The van der Waals surface area contributed by atoms with Crippen molar-refractivity contribution in [1.29, 1.82) is 0 Å². The van der Waals surface area contributed by atoms with Gasteiger partial charge >= 0.3 is 0 Å². The van der Waals surface area contributed by atoms with Crippen molar-refractivity contribution in [3.05, 3.63) is 24.3 Å². The number of benzene rings is 1. The fourth-order valence-electron chi connectivity index (χ4n) is 5.14. The summed E-state index contributed by atoms with van der Waals surface area (Å²) in [5.74, 6) is 1.48. The summed E-state index contributed by atoms with van der Waals surface area (Å²) in [6.45, 7) is 7.72. The van der Waals surface area contributed by atoms with Gasteiger partial charge in [0.15, 0.2) is 0 Å². The quantitative estimate of drug-likeness (QED) is 0.771. The lowest BCUT2D eigenvalue weighted by molar-refractivity contribution is -0.138. The van der Waals surface area contributed by atoms with Gasteiger partial charge in [-0.15, -0.1) is 24.8 Å². The Morgan fingerprint density at radius 1 is 1.11 bits per heavy atom. The van der Waals surface area contributed by atoms with E-state index in [0.717, 1.165) is 64.3 Å². The van der Waals surface area contributed by atoms with Crippen LogP contribution in [0, 0.1) is 10.8 Å². The van der Waals surface area contributed by atoms with Crippen molar-refractivity contribution >= 4 is 58.2 Å². The molecule has 3 fully saturated rings. The zero-order valence-electron chi connectivity index (χ0n) is 16.1. The minimum Gasteiger partial charge on any atom is -0.352 e. The molecule has 1 amide bonds. The predicted molar refractivity (Wildman–Crippen MR) is 120 cm³/mol. The van der Waals surface area contributed by atoms with E-state index in [-0.39, 0.29) is 35.6 Å². The molecular weight excluding hydrogens is 415 g/mol. The molecule has 1 saturated carbocycles. The third-order valence-electron chi connectivity index (χ3n) is 6.99. The molecule has 8 heteroatoms. The van der Waals surface area contributed by atoms with Gasteiger partial charge in [-0.25, -0.2) is 0 Å². The van der Waals surface area contributed by atoms with Crippen LogP contribution in [0.1, 0.15) is 26.2 Å². The molecule has 3 heterocycles. The van der Waals surface area contributed by atoms with Crippen molar-refractivity contribution in [2.45, 2.75) is 26.2 Å². The molecule has 2 aromatic rings. The number of rotatable bonds is 2. The fraction of sp³-hybridized carbons (Fsp3) is 0.600. The van der Waals surface area contributed by atoms with E-state index in [9.17, 15) is 4.79 Å². The van der Waals surface area contributed by atoms with Crippen LogP contribution < -0.4 is 10.2 Å². The standard InChI is InChI=1S/C20H26N4OS.2ClH/c1-19(14-20(19)6-8-21-9-7-20)18(25)24-12-10-23(11-13-24)17-15-4-2-3-5-16(15)26-22-17;;/h2-5,21H,6-14H2,1H3;2*1H. The molecule has 2 saturated heterocycles. The van der Waals surface area contributed by atoms with Crippen molar-refractivity contribution in [1.82, 2.24) is 14.6 Å². The van der Waals surface area contributed by atoms with Crippen molar-refractivity contribution in [2.24, 2.45) is 10.8 Å². The number of carbonyl (C=O) groups excluding carboxylic acids is 1. The smallest absolute Gasteiger partial charge is 0.229 e. The van der Waals surface area contributed by atoms with E-state index in [4.69, 9.17) is 0 Å². The monoisotopic (exact) mass is 442 g/mol. The Morgan fingerprint density at radius 2 is 1.79 bits per heavy atom. The lowest BCUT2D eigenvalue weighted by Crippen LogP contribution is -2.51. The Kier molecular flexibility index (Phi) is 6.16. The van der Waals surface area contributed by atoms with Crippen LogP contribution in [0.2, 0.25) is 0 Å². The Balaban J connectivity index is 0.00000112. The summed E-state index contributed by atoms with van der Waals surface area (Å²) in [6.07, 6.45) is 3.39. The molecule has 1 aliphatic carbocycles. The molecule has 0 bridgehead atoms. The molecule has 1 atom stereocenters. The Morgan fingerprint density at radius 3 is 2.50 bits per heavy atom. The third kappa shape index (κ3) is 3.28. The van der Waals surface area contributed by atoms with Crippen LogP contribution in [0.15, 0.2) is 24.3 Å². The van der Waals surface area contributed by atoms with E-state index in [0.29, 0.717) is 5.91 Å². The first-order valence-electron chi connectivity index (χ1n) is 9.73. The number of hydrogen-bond donors (Lipinski definition) is 1. The second kappa shape index (κ2) is 7.98. The first-order valence-corrected chi connectivity index (χ1v) is 10.5. The normalized spacial score (nSPS) is 25.9. The van der Waals surface area contributed by atoms with Crippen molar-refractivity contribution in [3.63, 3.8) is 0 Å². The second-order valence-electron chi connectivity index (χ2n) is 8.32. The topological polar surface area (TPSA) is 48.5 Å². The van der Waals surface area contributed by atoms with Crippen LogP contribution in [0.5, 0.6) is 0 Å². The van der Waals surface area contributed by atoms with Crippen molar-refractivity contribution in [2.75, 3.05) is 44.2 Å². The third-order valence-corrected chi connectivity index (χ3v) is 7.81. The van der Waals surface area contributed by atoms with E-state index < -0.39 is 0 Å². The zero-order valence-corrected chi connectivity index (χ0v) is 18.6. The van der Waals surface area contributed by atoms with E-state index in [1.54, 1.807) is 11.5 Å². The van der Waals surface area contributed by atoms with E-state index in [1.165, 1.54) is 10.1 Å². The lowest BCUT2D eigenvalue weighted by Gasteiger charge is -2.38. The SMILES string of the molecule is CC1(C(=O)N2CCN(c3nsc4ccccc34)CC2)CC12CCNCC2.Cl.Cl. The minimum absolute atomic E-state index is 0. The molecule has 28 heavy (non-hydrogen) atoms. The molecule has 154 valence electrons. The number of piperazine rings is 1. The van der Waals surface area contributed by atoms with Crippen LogP contribution in [-0.2, 0) is 4.79 Å². The number of fused-ring (bicyclic) bond motifs is 1. The molecule has 3 aliphatic rings. The van der Waals surface area contributed by atoms with Gasteiger partial charge in [0.05, 0.1) is 10.1 Å². The second-order valence-corrected chi connectivity index (χ2v) is 9.13. The maximum Gasteiger partial charge on any atom is 0.229 e. The molecular formula is C20H28Cl2N4OS. The lowest BCUT2D eigenvalue weighted by atomic mass is 9.85. The van der Waals surface area contributed by atoms with Crippen LogP contribution in [0.25, 0.3) is 10.1 Å². The highest BCUT2D eigenvalue weighted by Gasteiger charge is 2.68. The van der Waals surface area contributed by atoms with Gasteiger partial charge in [-0.2, -0.15) is 4.37 Å². The fourth-order valence-corrected chi connectivity index (χ4v) is 5.94. The van der Waals surface area contributed by atoms with Crippen molar-refractivity contribution in [3.8, 4) is 0 Å². The zero-order chi connectivity index (χ0) is 17.8. The van der Waals surface area contributed by atoms with Crippen LogP contribution in [-0.4, -0.2) is 54.4 Å². The molecule has 5 rings (SSSR count). The molecule has 1 aromatic carbocycles. The molecule has 0 radical (unpaired) electrons. The summed E-state index contributed by atoms with van der Waals surface area (Å²) in [4.78, 5) is 17.7. The maximum absolute atomic E-state index is 13.2. The number of hydrogen-bond acceptors (Lipinski definition) is 5. The molecule has 2 aliphatic heterocycles. The Bertz CT molecular complexity index is 846. The van der Waals surface area contributed by atoms with Crippen LogP contribution >= 0.6 is 36.3 Å². The van der Waals surface area contributed by atoms with Gasteiger partial charge in [-0.1, -0.05) is 19.1 Å². The molecule has 5 nitrogen and oxygen atoms in total. The van der Waals surface area contributed by atoms with Gasteiger partial charge in [0.25, 0.3) is 0 Å². The molecule has 1 spiro atoms. The number of piperidine rings is 1. The minimum atomic E-state index is -0.120. The number of nitrogens with one attached hydrogen (secondary N) is 1. The highest BCUT2D eigenvalue weighted by molar-refractivity contribution is 7.13. The van der Waals surface area contributed by atoms with E-state index >= 15 is 0 Å². The highest BCUT2D eigenvalue weighted by atomic mass is 35.5. The number of aromatic nitrogens is 1. The number of carbonyl (C=O) groups is 1. The summed E-state index contributed by atoms with van der Waals surface area (Å²) in [5, 5.41) is 4.67. The van der Waals surface area contributed by atoms with Crippen molar-refractivity contribution < 1.29 is 4.79 Å². The largest absolute Gasteiger partial charge is 0.352 e. The summed E-state index contributed by atoms with van der Waals surface area (Å²) in [5.41, 5.74) is 0.155. The van der Waals surface area contributed by atoms with Gasteiger partial charge in [-0.3, -0.25) is 4.79 Å². The van der Waals surface area contributed by atoms with Gasteiger partial charge in [0.1, 0.15) is 5.82 Å². The van der Waals surface area contributed by atoms with Gasteiger partial charge in [-0.05, 0) is 61.4 Å². The maximum atomic E-state index is 13.2. The average Bonchev–Trinajstić information content (AvgIpc) is 3.05. The molecule has 1 N–H and O–H groups in total. The van der Waals surface area contributed by atoms with E-state index in [2.05, 4.69) is 50.7 Å².